The maximum absolute atomic E-state index is 10.8. The van der Waals surface area contributed by atoms with E-state index in [2.05, 4.69) is 12.2 Å². The van der Waals surface area contributed by atoms with Crippen LogP contribution in [0.3, 0.4) is 0 Å². The zero-order valence-corrected chi connectivity index (χ0v) is 14.9. The molecule has 0 saturated heterocycles. The Morgan fingerprint density at radius 2 is 1.09 bits per heavy atom. The number of urea groups is 1. The van der Waals surface area contributed by atoms with Crippen LogP contribution in [0.15, 0.2) is 0 Å². The first-order valence-electron chi connectivity index (χ1n) is 10.3. The highest BCUT2D eigenvalue weighted by Crippen LogP contribution is 2.13. The molecule has 3 nitrogen and oxygen atoms in total. The summed E-state index contributed by atoms with van der Waals surface area (Å²) in [5, 5.41) is 2.64. The van der Waals surface area contributed by atoms with Gasteiger partial charge in [-0.15, -0.1) is 0 Å². The minimum Gasteiger partial charge on any atom is -0.352 e. The fourth-order valence-corrected chi connectivity index (χ4v) is 2.88. The van der Waals surface area contributed by atoms with Crippen molar-refractivity contribution in [3.63, 3.8) is 0 Å². The van der Waals surface area contributed by atoms with Crippen molar-refractivity contribution in [2.24, 2.45) is 5.73 Å². The number of primary amides is 1. The molecule has 0 saturated carbocycles. The zero-order valence-electron chi connectivity index (χ0n) is 15.9. The van der Waals surface area contributed by atoms with E-state index in [1.54, 1.807) is 0 Å². The highest BCUT2D eigenvalue weighted by atomic mass is 16.2. The lowest BCUT2D eigenvalue weighted by Gasteiger charge is -2.04. The quantitative estimate of drug-likeness (QED) is 0.322. The van der Waals surface area contributed by atoms with Crippen molar-refractivity contribution in [2.45, 2.75) is 110 Å². The van der Waals surface area contributed by atoms with Gasteiger partial charge in [-0.25, -0.2) is 4.79 Å². The van der Waals surface area contributed by atoms with Crippen molar-refractivity contribution in [3.8, 4) is 0 Å². The number of carbonyl (C=O) groups is 1. The maximum Gasteiger partial charge on any atom is 0.312 e. The zero-order chi connectivity index (χ0) is 17.0. The smallest absolute Gasteiger partial charge is 0.312 e. The summed E-state index contributed by atoms with van der Waals surface area (Å²) >= 11 is 0. The fourth-order valence-electron chi connectivity index (χ4n) is 2.88. The Bertz CT molecular complexity index is 250. The van der Waals surface area contributed by atoms with E-state index >= 15 is 0 Å². The molecule has 0 radical (unpaired) electrons. The molecule has 0 rings (SSSR count). The topological polar surface area (TPSA) is 55.1 Å². The number of unbranched alkanes of at least 4 members (excludes halogenated alkanes) is 15. The molecule has 0 aromatic heterocycles. The van der Waals surface area contributed by atoms with Gasteiger partial charge in [-0.1, -0.05) is 103 Å². The first-order valence-corrected chi connectivity index (χ1v) is 9.76. The number of nitrogens with one attached hydrogen (secondary N) is 1. The first-order chi connectivity index (χ1) is 11.3. The van der Waals surface area contributed by atoms with Crippen LogP contribution < -0.4 is 11.0 Å². The van der Waals surface area contributed by atoms with Gasteiger partial charge in [0.05, 0.1) is 0 Å². The summed E-state index contributed by atoms with van der Waals surface area (Å²) in [5.41, 5.74) is 1.82. The van der Waals surface area contributed by atoms with Gasteiger partial charge >= 0.3 is 6.03 Å². The Balaban J connectivity index is 2.99. The van der Waals surface area contributed by atoms with Crippen LogP contribution >= 0.6 is 0 Å². The van der Waals surface area contributed by atoms with Crippen molar-refractivity contribution in [1.29, 1.82) is 0 Å². The standard InChI is InChI=1S/C19H40N2O/c1-2-3-4-5-6-7-8-9-10-11-12-13-14-15-16-17-18-21-19(20)22/h2-18H2,1H3,(H3,20,21,22)/i/hD. The molecular weight excluding hydrogens is 272 g/mol. The van der Waals surface area contributed by atoms with E-state index in [4.69, 9.17) is 1.41 Å². The second-order valence-corrected chi connectivity index (χ2v) is 6.56. The molecule has 0 aromatic carbocycles. The average molecular weight is 314 g/mol. The predicted molar refractivity (Wildman–Crippen MR) is 97.1 cm³/mol. The Morgan fingerprint density at radius 1 is 0.727 bits per heavy atom. The van der Waals surface area contributed by atoms with E-state index in [0.717, 1.165) is 6.42 Å². The number of carbonyl (C=O) groups excluding carboxylic acids is 1. The lowest BCUT2D eigenvalue weighted by atomic mass is 10.0. The van der Waals surface area contributed by atoms with Crippen molar-refractivity contribution >= 4 is 6.03 Å². The molecular formula is C19H40N2O. The molecule has 132 valence electrons. The highest BCUT2D eigenvalue weighted by molar-refractivity contribution is 5.71. The molecule has 0 unspecified atom stereocenters. The van der Waals surface area contributed by atoms with Gasteiger partial charge in [-0.05, 0) is 6.42 Å². The molecule has 0 aromatic rings. The highest BCUT2D eigenvalue weighted by Gasteiger charge is 1.95. The first kappa shape index (κ1) is 19.3. The summed E-state index contributed by atoms with van der Waals surface area (Å²) in [6.07, 6.45) is 21.7. The lowest BCUT2D eigenvalue weighted by molar-refractivity contribution is 0.248. The Labute approximate surface area is 140 Å². The molecule has 3 N–H and O–H groups in total. The Hall–Kier alpha value is -0.730. The van der Waals surface area contributed by atoms with Crippen LogP contribution in [0.4, 0.5) is 4.79 Å². The van der Waals surface area contributed by atoms with Crippen molar-refractivity contribution in [2.75, 3.05) is 6.54 Å². The van der Waals surface area contributed by atoms with Crippen LogP contribution in [0.2, 0.25) is 1.41 Å². The summed E-state index contributed by atoms with van der Waals surface area (Å²) in [6.45, 7) is 2.96. The van der Waals surface area contributed by atoms with Crippen LogP contribution in [-0.4, -0.2) is 12.6 Å². The monoisotopic (exact) mass is 313 g/mol. The molecule has 0 bridgehead atoms. The third-order valence-electron chi connectivity index (χ3n) is 4.32. The number of hydrogen-bond donors (Lipinski definition) is 2. The van der Waals surface area contributed by atoms with Gasteiger partial charge < -0.3 is 11.0 Å². The minimum absolute atomic E-state index is 0.397. The molecule has 0 fully saturated rings. The average Bonchev–Trinajstić information content (AvgIpc) is 2.57. The third kappa shape index (κ3) is 19.3. The summed E-state index contributed by atoms with van der Waals surface area (Å²) < 4.78 is 6.64. The maximum atomic E-state index is 10.8. The number of rotatable bonds is 17. The summed E-state index contributed by atoms with van der Waals surface area (Å²) in [7, 11) is 0. The molecule has 3 heteroatoms. The van der Waals surface area contributed by atoms with Gasteiger partial charge in [-0.2, -0.15) is 0 Å². The fraction of sp³-hybridized carbons (Fsp3) is 0.947. The third-order valence-corrected chi connectivity index (χ3v) is 4.32. The second kappa shape index (κ2) is 18.3. The van der Waals surface area contributed by atoms with Crippen molar-refractivity contribution < 1.29 is 6.21 Å². The van der Waals surface area contributed by atoms with E-state index < -0.39 is 6.03 Å². The number of nitrogens with two attached hydrogens (primary N) is 1. The second-order valence-electron chi connectivity index (χ2n) is 6.56. The van der Waals surface area contributed by atoms with Crippen LogP contribution in [0, 0.1) is 0 Å². The van der Waals surface area contributed by atoms with E-state index in [1.165, 1.54) is 96.3 Å². The van der Waals surface area contributed by atoms with Crippen LogP contribution in [0.25, 0.3) is 0 Å². The van der Waals surface area contributed by atoms with E-state index in [1.807, 2.05) is 5.73 Å². The van der Waals surface area contributed by atoms with Crippen molar-refractivity contribution in [3.05, 3.63) is 0 Å². The largest absolute Gasteiger partial charge is 0.352 e. The SMILES string of the molecule is [2H]NC(=O)NCCCCCCCCCCCCCCCCCC. The number of amides is 2. The van der Waals surface area contributed by atoms with Crippen LogP contribution in [0.1, 0.15) is 110 Å². The molecule has 2 amide bonds. The van der Waals surface area contributed by atoms with Gasteiger partial charge in [0.2, 0.25) is 0 Å². The summed E-state index contributed by atoms with van der Waals surface area (Å²) in [5.74, 6) is 0. The van der Waals surface area contributed by atoms with Gasteiger partial charge in [0, 0.05) is 6.54 Å². The molecule has 0 spiro atoms. The van der Waals surface area contributed by atoms with E-state index in [-0.39, 0.29) is 0 Å². The molecule has 0 heterocycles. The van der Waals surface area contributed by atoms with Gasteiger partial charge in [0.25, 0.3) is 0 Å². The van der Waals surface area contributed by atoms with Gasteiger partial charge in [-0.3, -0.25) is 0 Å². The minimum atomic E-state index is -0.397. The van der Waals surface area contributed by atoms with Gasteiger partial charge in [0.1, 0.15) is 0 Å². The van der Waals surface area contributed by atoms with Crippen LogP contribution in [0.5, 0.6) is 0 Å². The van der Waals surface area contributed by atoms with E-state index in [0.29, 0.717) is 6.54 Å². The lowest BCUT2D eigenvalue weighted by Crippen LogP contribution is -2.29. The molecule has 0 aliphatic carbocycles. The van der Waals surface area contributed by atoms with E-state index in [9.17, 15) is 4.79 Å². The van der Waals surface area contributed by atoms with Gasteiger partial charge in [0.15, 0.2) is 1.41 Å². The molecule has 0 aliphatic heterocycles. The summed E-state index contributed by atoms with van der Waals surface area (Å²) in [6, 6.07) is -0.397. The predicted octanol–water partition coefficient (Wildman–Crippen LogP) is 5.92. The Morgan fingerprint density at radius 3 is 1.45 bits per heavy atom. The summed E-state index contributed by atoms with van der Waals surface area (Å²) in [4.78, 5) is 10.8. The normalized spacial score (nSPS) is 11.2. The molecule has 0 aliphatic rings. The van der Waals surface area contributed by atoms with Crippen LogP contribution in [-0.2, 0) is 0 Å². The molecule has 22 heavy (non-hydrogen) atoms. The number of hydrogen-bond acceptors (Lipinski definition) is 1. The Kier molecular flexibility index (Phi) is 16.1. The van der Waals surface area contributed by atoms with Crippen molar-refractivity contribution in [1.82, 2.24) is 5.32 Å². The molecule has 0 atom stereocenters.